The average Bonchev–Trinajstić information content (AvgIpc) is 2.98. The molecule has 0 radical (unpaired) electrons. The van der Waals surface area contributed by atoms with Gasteiger partial charge in [0.1, 0.15) is 30.3 Å². The lowest BCUT2D eigenvalue weighted by Gasteiger charge is -2.32. The molecule has 0 aliphatic carbocycles. The van der Waals surface area contributed by atoms with Crippen LogP contribution in [0.5, 0.6) is 11.5 Å². The number of anilines is 3. The minimum atomic E-state index is -0.353. The van der Waals surface area contributed by atoms with Crippen LogP contribution >= 0.6 is 11.6 Å². The molecule has 0 saturated carbocycles. The van der Waals surface area contributed by atoms with E-state index in [1.165, 1.54) is 12.4 Å². The summed E-state index contributed by atoms with van der Waals surface area (Å²) in [6, 6.07) is 14.9. The number of nitrogens with zero attached hydrogens (tertiary/aromatic N) is 4. The van der Waals surface area contributed by atoms with E-state index in [4.69, 9.17) is 25.8 Å². The summed E-state index contributed by atoms with van der Waals surface area (Å²) in [5, 5.41) is 7.26. The Balaban J connectivity index is 1.34. The van der Waals surface area contributed by atoms with Crippen molar-refractivity contribution in [2.75, 3.05) is 44.0 Å². The number of rotatable bonds is 11. The van der Waals surface area contributed by atoms with Gasteiger partial charge in [0.15, 0.2) is 0 Å². The van der Waals surface area contributed by atoms with Crippen molar-refractivity contribution in [1.29, 1.82) is 0 Å². The van der Waals surface area contributed by atoms with Crippen molar-refractivity contribution in [2.45, 2.75) is 19.1 Å². The fraction of sp³-hybridized carbons (Fsp3) is 0.267. The summed E-state index contributed by atoms with van der Waals surface area (Å²) in [5.74, 6) is 1.23. The second-order valence-electron chi connectivity index (χ2n) is 9.51. The molecule has 5 rings (SSSR count). The Hall–Kier alpha value is -4.25. The minimum Gasteiger partial charge on any atom is -0.491 e. The molecule has 2 aromatic carbocycles. The Labute approximate surface area is 243 Å². The van der Waals surface area contributed by atoms with Crippen molar-refractivity contribution < 1.29 is 19.0 Å². The molecule has 4 aromatic rings. The zero-order valence-corrected chi connectivity index (χ0v) is 23.4. The quantitative estimate of drug-likeness (QED) is 0.233. The molecule has 1 atom stereocenters. The fourth-order valence-corrected chi connectivity index (χ4v) is 4.63. The van der Waals surface area contributed by atoms with Crippen LogP contribution in [0.2, 0.25) is 5.02 Å². The zero-order chi connectivity index (χ0) is 28.6. The summed E-state index contributed by atoms with van der Waals surface area (Å²) in [6.45, 7) is 6.61. The SMILES string of the molecule is C=CC(=O)Nc1cc2c(Nc3ccc(OCc4ccccn4)c(Cl)c3)ncnc2cc1OCCC1COCCN1C. The smallest absolute Gasteiger partial charge is 0.247 e. The van der Waals surface area contributed by atoms with Crippen LogP contribution in [-0.2, 0) is 16.1 Å². The largest absolute Gasteiger partial charge is 0.491 e. The number of morpholine rings is 1. The molecule has 212 valence electrons. The van der Waals surface area contributed by atoms with E-state index in [-0.39, 0.29) is 11.9 Å². The number of fused-ring (bicyclic) bond motifs is 1. The lowest BCUT2D eigenvalue weighted by Crippen LogP contribution is -2.43. The summed E-state index contributed by atoms with van der Waals surface area (Å²) in [4.78, 5) is 27.6. The predicted octanol–water partition coefficient (Wildman–Crippen LogP) is 5.22. The maximum absolute atomic E-state index is 12.2. The highest BCUT2D eigenvalue weighted by atomic mass is 35.5. The summed E-state index contributed by atoms with van der Waals surface area (Å²) in [6.07, 6.45) is 5.18. The number of pyridine rings is 1. The van der Waals surface area contributed by atoms with Gasteiger partial charge < -0.3 is 24.8 Å². The summed E-state index contributed by atoms with van der Waals surface area (Å²) >= 11 is 6.51. The van der Waals surface area contributed by atoms with Crippen LogP contribution in [0, 0.1) is 0 Å². The molecular weight excluding hydrogens is 544 g/mol. The monoisotopic (exact) mass is 574 g/mol. The number of halogens is 1. The summed E-state index contributed by atoms with van der Waals surface area (Å²) in [7, 11) is 2.08. The van der Waals surface area contributed by atoms with Crippen molar-refractivity contribution in [1.82, 2.24) is 19.9 Å². The first kappa shape index (κ1) is 28.3. The van der Waals surface area contributed by atoms with E-state index in [1.807, 2.05) is 24.3 Å². The number of aromatic nitrogens is 3. The molecule has 3 heterocycles. The number of ether oxygens (including phenoxy) is 3. The van der Waals surface area contributed by atoms with Gasteiger partial charge in [-0.25, -0.2) is 9.97 Å². The first-order valence-electron chi connectivity index (χ1n) is 13.2. The van der Waals surface area contributed by atoms with Gasteiger partial charge in [0.2, 0.25) is 5.91 Å². The number of carbonyl (C=O) groups is 1. The van der Waals surface area contributed by atoms with E-state index in [9.17, 15) is 4.79 Å². The van der Waals surface area contributed by atoms with Crippen LogP contribution in [0.25, 0.3) is 10.9 Å². The van der Waals surface area contributed by atoms with Gasteiger partial charge in [0.05, 0.1) is 41.7 Å². The fourth-order valence-electron chi connectivity index (χ4n) is 4.40. The van der Waals surface area contributed by atoms with Crippen LogP contribution in [0.3, 0.4) is 0 Å². The minimum absolute atomic E-state index is 0.271. The first-order valence-corrected chi connectivity index (χ1v) is 13.6. The second-order valence-corrected chi connectivity index (χ2v) is 9.91. The lowest BCUT2D eigenvalue weighted by molar-refractivity contribution is -0.111. The Bertz CT molecular complexity index is 1520. The summed E-state index contributed by atoms with van der Waals surface area (Å²) < 4.78 is 17.6. The van der Waals surface area contributed by atoms with Crippen molar-refractivity contribution >= 4 is 45.6 Å². The predicted molar refractivity (Wildman–Crippen MR) is 159 cm³/mol. The topological polar surface area (TPSA) is 111 Å². The number of nitrogens with one attached hydrogen (secondary N) is 2. The Morgan fingerprint density at radius 2 is 2.07 bits per heavy atom. The van der Waals surface area contributed by atoms with Gasteiger partial charge in [-0.05, 0) is 55.9 Å². The lowest BCUT2D eigenvalue weighted by atomic mass is 10.1. The maximum Gasteiger partial charge on any atom is 0.247 e. The number of carbonyl (C=O) groups excluding carboxylic acids is 1. The van der Waals surface area contributed by atoms with Crippen molar-refractivity contribution in [3.05, 3.63) is 84.4 Å². The molecule has 1 saturated heterocycles. The molecule has 1 aliphatic heterocycles. The molecule has 41 heavy (non-hydrogen) atoms. The summed E-state index contributed by atoms with van der Waals surface area (Å²) in [5.41, 5.74) is 2.64. The third kappa shape index (κ3) is 7.29. The van der Waals surface area contributed by atoms with E-state index < -0.39 is 0 Å². The number of amides is 1. The van der Waals surface area contributed by atoms with Crippen LogP contribution in [-0.4, -0.2) is 65.2 Å². The van der Waals surface area contributed by atoms with Gasteiger partial charge in [-0.2, -0.15) is 0 Å². The molecule has 2 aromatic heterocycles. The molecule has 1 aliphatic rings. The maximum atomic E-state index is 12.2. The number of likely N-dealkylation sites (N-methyl/N-ethyl adjacent to an activating group) is 1. The molecule has 1 amide bonds. The highest BCUT2D eigenvalue weighted by molar-refractivity contribution is 6.32. The van der Waals surface area contributed by atoms with Gasteiger partial charge in [-0.15, -0.1) is 0 Å². The van der Waals surface area contributed by atoms with Crippen LogP contribution in [0.4, 0.5) is 17.2 Å². The highest BCUT2D eigenvalue weighted by Crippen LogP contribution is 2.35. The molecule has 1 unspecified atom stereocenters. The normalized spacial score (nSPS) is 15.3. The van der Waals surface area contributed by atoms with E-state index in [1.54, 1.807) is 30.5 Å². The Morgan fingerprint density at radius 1 is 1.17 bits per heavy atom. The molecule has 2 N–H and O–H groups in total. The van der Waals surface area contributed by atoms with Crippen LogP contribution in [0.1, 0.15) is 12.1 Å². The van der Waals surface area contributed by atoms with E-state index in [0.29, 0.717) is 64.4 Å². The van der Waals surface area contributed by atoms with Gasteiger partial charge >= 0.3 is 0 Å². The van der Waals surface area contributed by atoms with Crippen molar-refractivity contribution in [3.8, 4) is 11.5 Å². The first-order chi connectivity index (χ1) is 20.0. The van der Waals surface area contributed by atoms with Gasteiger partial charge in [0.25, 0.3) is 0 Å². The molecule has 11 heteroatoms. The molecule has 10 nitrogen and oxygen atoms in total. The van der Waals surface area contributed by atoms with Crippen LogP contribution in [0.15, 0.2) is 73.7 Å². The molecular formula is C30H31ClN6O4. The Kier molecular flexibility index (Phi) is 9.25. The van der Waals surface area contributed by atoms with Crippen molar-refractivity contribution in [2.24, 2.45) is 0 Å². The third-order valence-electron chi connectivity index (χ3n) is 6.71. The van der Waals surface area contributed by atoms with Crippen molar-refractivity contribution in [3.63, 3.8) is 0 Å². The zero-order valence-electron chi connectivity index (χ0n) is 22.7. The van der Waals surface area contributed by atoms with E-state index in [0.717, 1.165) is 25.3 Å². The second kappa shape index (κ2) is 13.4. The molecule has 0 spiro atoms. The van der Waals surface area contributed by atoms with Gasteiger partial charge in [0, 0.05) is 35.9 Å². The third-order valence-corrected chi connectivity index (χ3v) is 7.00. The number of benzene rings is 2. The molecule has 0 bridgehead atoms. The van der Waals surface area contributed by atoms with E-state index >= 15 is 0 Å². The van der Waals surface area contributed by atoms with Crippen LogP contribution < -0.4 is 20.1 Å². The van der Waals surface area contributed by atoms with Gasteiger partial charge in [-0.3, -0.25) is 14.7 Å². The highest BCUT2D eigenvalue weighted by Gasteiger charge is 2.20. The number of hydrogen-bond donors (Lipinski definition) is 2. The Morgan fingerprint density at radius 3 is 2.85 bits per heavy atom. The standard InChI is InChI=1S/C30H31ClN6O4/c1-3-29(38)36-26-15-23-25(16-28(26)40-12-9-22-18-39-13-11-37(22)2)33-19-34-30(23)35-20-7-8-27(24(31)14-20)41-17-21-6-4-5-10-32-21/h3-8,10,14-16,19,22H,1,9,11-13,17-18H2,2H3,(H,36,38)(H,33,34,35). The van der Waals surface area contributed by atoms with Gasteiger partial charge in [-0.1, -0.05) is 24.2 Å². The van der Waals surface area contributed by atoms with E-state index in [2.05, 4.69) is 44.1 Å². The number of hydrogen-bond acceptors (Lipinski definition) is 9. The molecule has 1 fully saturated rings. The average molecular weight is 575 g/mol.